The highest BCUT2D eigenvalue weighted by molar-refractivity contribution is 7.17. The van der Waals surface area contributed by atoms with Crippen LogP contribution in [0.1, 0.15) is 10.4 Å². The van der Waals surface area contributed by atoms with Crippen molar-refractivity contribution in [1.29, 1.82) is 0 Å². The fourth-order valence-electron chi connectivity index (χ4n) is 1.90. The van der Waals surface area contributed by atoms with Crippen molar-refractivity contribution >= 4 is 40.6 Å². The number of hydrogen-bond donors (Lipinski definition) is 1. The molecule has 2 N–H and O–H groups in total. The van der Waals surface area contributed by atoms with Crippen LogP contribution in [0, 0.1) is 0 Å². The second-order valence-corrected chi connectivity index (χ2v) is 10.9. The molecule has 1 aromatic carbocycles. The van der Waals surface area contributed by atoms with E-state index in [-0.39, 0.29) is 5.91 Å². The molecule has 16 heavy (non-hydrogen) atoms. The van der Waals surface area contributed by atoms with E-state index in [1.807, 2.05) is 11.4 Å². The molecule has 0 atom stereocenters. The van der Waals surface area contributed by atoms with Crippen LogP contribution in [0.2, 0.25) is 19.6 Å². The molecule has 0 fully saturated rings. The molecule has 2 nitrogen and oxygen atoms in total. The third kappa shape index (κ3) is 1.78. The number of rotatable bonds is 2. The van der Waals surface area contributed by atoms with Gasteiger partial charge in [-0.1, -0.05) is 31.8 Å². The predicted molar refractivity (Wildman–Crippen MR) is 73.3 cm³/mol. The van der Waals surface area contributed by atoms with Crippen LogP contribution >= 0.6 is 11.3 Å². The minimum Gasteiger partial charge on any atom is -0.366 e. The molecular weight excluding hydrogens is 234 g/mol. The topological polar surface area (TPSA) is 43.1 Å². The van der Waals surface area contributed by atoms with Crippen molar-refractivity contribution in [3.8, 4) is 0 Å². The first-order chi connectivity index (χ1) is 7.41. The van der Waals surface area contributed by atoms with Crippen LogP contribution in [0.3, 0.4) is 0 Å². The number of thiophene rings is 1. The highest BCUT2D eigenvalue weighted by Gasteiger charge is 2.24. The first-order valence-corrected chi connectivity index (χ1v) is 9.59. The average molecular weight is 249 g/mol. The molecule has 0 bridgehead atoms. The van der Waals surface area contributed by atoms with Gasteiger partial charge >= 0.3 is 0 Å². The average Bonchev–Trinajstić information content (AvgIpc) is 2.61. The fraction of sp³-hybridized carbons (Fsp3) is 0.250. The summed E-state index contributed by atoms with van der Waals surface area (Å²) in [5.74, 6) is -0.300. The normalized spacial score (nSPS) is 11.9. The summed E-state index contributed by atoms with van der Waals surface area (Å²) in [6.45, 7) is 6.69. The second kappa shape index (κ2) is 3.71. The SMILES string of the molecule is C[Si](C)(C)c1ccc2ccsc2c1C(N)=O. The summed E-state index contributed by atoms with van der Waals surface area (Å²) in [5.41, 5.74) is 6.27. The van der Waals surface area contributed by atoms with Gasteiger partial charge in [0.2, 0.25) is 5.91 Å². The summed E-state index contributed by atoms with van der Waals surface area (Å²) in [4.78, 5) is 11.6. The van der Waals surface area contributed by atoms with Gasteiger partial charge in [0.25, 0.3) is 0 Å². The summed E-state index contributed by atoms with van der Waals surface area (Å²) >= 11 is 1.59. The molecule has 4 heteroatoms. The molecule has 1 aromatic heterocycles. The molecule has 0 saturated carbocycles. The highest BCUT2D eigenvalue weighted by atomic mass is 32.1. The summed E-state index contributed by atoms with van der Waals surface area (Å²) in [5, 5.41) is 4.28. The van der Waals surface area contributed by atoms with Crippen LogP contribution in [0.4, 0.5) is 0 Å². The standard InChI is InChI=1S/C12H15NOSSi/c1-16(2,3)9-5-4-8-6-7-15-11(8)10(9)12(13)14/h4-7H,1-3H3,(H2,13,14). The van der Waals surface area contributed by atoms with E-state index in [0.29, 0.717) is 0 Å². The summed E-state index contributed by atoms with van der Waals surface area (Å²) in [7, 11) is -1.53. The van der Waals surface area contributed by atoms with Crippen molar-refractivity contribution < 1.29 is 4.79 Å². The first-order valence-electron chi connectivity index (χ1n) is 5.22. The Morgan fingerprint density at radius 1 is 1.25 bits per heavy atom. The number of carbonyl (C=O) groups is 1. The lowest BCUT2D eigenvalue weighted by molar-refractivity contribution is 0.100. The van der Waals surface area contributed by atoms with Gasteiger partial charge in [-0.15, -0.1) is 11.3 Å². The number of hydrogen-bond acceptors (Lipinski definition) is 2. The van der Waals surface area contributed by atoms with Gasteiger partial charge in [-0.05, 0) is 22.0 Å². The van der Waals surface area contributed by atoms with Crippen molar-refractivity contribution in [3.63, 3.8) is 0 Å². The third-order valence-corrected chi connectivity index (χ3v) is 5.66. The maximum Gasteiger partial charge on any atom is 0.250 e. The number of fused-ring (bicyclic) bond motifs is 1. The van der Waals surface area contributed by atoms with Crippen LogP contribution in [-0.4, -0.2) is 14.0 Å². The maximum absolute atomic E-state index is 11.6. The van der Waals surface area contributed by atoms with E-state index in [1.165, 1.54) is 0 Å². The summed E-state index contributed by atoms with van der Waals surface area (Å²) in [6.07, 6.45) is 0. The van der Waals surface area contributed by atoms with Crippen molar-refractivity contribution in [1.82, 2.24) is 0 Å². The molecule has 0 aliphatic rings. The molecule has 0 saturated heterocycles. The smallest absolute Gasteiger partial charge is 0.250 e. The molecule has 2 aromatic rings. The van der Waals surface area contributed by atoms with E-state index in [9.17, 15) is 4.79 Å². The zero-order chi connectivity index (χ0) is 11.9. The Kier molecular flexibility index (Phi) is 2.63. The molecule has 0 radical (unpaired) electrons. The number of amides is 1. The van der Waals surface area contributed by atoms with Gasteiger partial charge in [0.15, 0.2) is 0 Å². The van der Waals surface area contributed by atoms with Gasteiger partial charge in [-0.3, -0.25) is 4.79 Å². The van der Waals surface area contributed by atoms with E-state index in [2.05, 4.69) is 31.8 Å². The number of benzene rings is 1. The van der Waals surface area contributed by atoms with Crippen LogP contribution in [0.5, 0.6) is 0 Å². The zero-order valence-electron chi connectivity index (χ0n) is 9.70. The Balaban J connectivity index is 2.84. The lowest BCUT2D eigenvalue weighted by atomic mass is 10.1. The number of primary amides is 1. The number of carbonyl (C=O) groups excluding carboxylic acids is 1. The van der Waals surface area contributed by atoms with Crippen LogP contribution < -0.4 is 10.9 Å². The predicted octanol–water partition coefficient (Wildman–Crippen LogP) is 2.55. The van der Waals surface area contributed by atoms with E-state index in [0.717, 1.165) is 20.8 Å². The van der Waals surface area contributed by atoms with Gasteiger partial charge in [-0.25, -0.2) is 0 Å². The molecule has 0 aliphatic heterocycles. The van der Waals surface area contributed by atoms with Crippen molar-refractivity contribution in [3.05, 3.63) is 29.1 Å². The minimum absolute atomic E-state index is 0.300. The molecule has 84 valence electrons. The summed E-state index contributed by atoms with van der Waals surface area (Å²) < 4.78 is 1.03. The highest BCUT2D eigenvalue weighted by Crippen LogP contribution is 2.25. The van der Waals surface area contributed by atoms with Gasteiger partial charge in [0, 0.05) is 4.70 Å². The first kappa shape index (κ1) is 11.4. The Labute approximate surface area is 100 Å². The zero-order valence-corrected chi connectivity index (χ0v) is 11.5. The van der Waals surface area contributed by atoms with Crippen LogP contribution in [0.15, 0.2) is 23.6 Å². The Hall–Kier alpha value is -1.13. The monoisotopic (exact) mass is 249 g/mol. The minimum atomic E-state index is -1.53. The lowest BCUT2D eigenvalue weighted by Crippen LogP contribution is -2.42. The van der Waals surface area contributed by atoms with E-state index < -0.39 is 8.07 Å². The Bertz CT molecular complexity index is 554. The third-order valence-electron chi connectivity index (χ3n) is 2.68. The second-order valence-electron chi connectivity index (χ2n) is 4.94. The molecule has 0 unspecified atom stereocenters. The van der Waals surface area contributed by atoms with Crippen LogP contribution in [0.25, 0.3) is 10.1 Å². The number of nitrogens with two attached hydrogens (primary N) is 1. The van der Waals surface area contributed by atoms with Gasteiger partial charge < -0.3 is 5.73 Å². The lowest BCUT2D eigenvalue weighted by Gasteiger charge is -2.20. The molecule has 0 aliphatic carbocycles. The van der Waals surface area contributed by atoms with Gasteiger partial charge in [-0.2, -0.15) is 0 Å². The Morgan fingerprint density at radius 2 is 1.94 bits per heavy atom. The van der Waals surface area contributed by atoms with E-state index in [4.69, 9.17) is 5.73 Å². The van der Waals surface area contributed by atoms with Gasteiger partial charge in [0.1, 0.15) is 0 Å². The van der Waals surface area contributed by atoms with Crippen molar-refractivity contribution in [2.45, 2.75) is 19.6 Å². The van der Waals surface area contributed by atoms with E-state index in [1.54, 1.807) is 11.3 Å². The molecule has 2 rings (SSSR count). The van der Waals surface area contributed by atoms with Crippen LogP contribution in [-0.2, 0) is 0 Å². The van der Waals surface area contributed by atoms with Crippen molar-refractivity contribution in [2.24, 2.45) is 5.73 Å². The molecule has 1 amide bonds. The Morgan fingerprint density at radius 3 is 2.50 bits per heavy atom. The van der Waals surface area contributed by atoms with Crippen molar-refractivity contribution in [2.75, 3.05) is 0 Å². The quantitative estimate of drug-likeness (QED) is 0.817. The molecule has 1 heterocycles. The molecule has 0 spiro atoms. The van der Waals surface area contributed by atoms with E-state index >= 15 is 0 Å². The molecular formula is C12H15NOSSi. The fourth-order valence-corrected chi connectivity index (χ4v) is 4.53. The maximum atomic E-state index is 11.6. The van der Waals surface area contributed by atoms with Gasteiger partial charge in [0.05, 0.1) is 13.6 Å². The summed E-state index contributed by atoms with van der Waals surface area (Å²) in [6, 6.07) is 6.19. The largest absolute Gasteiger partial charge is 0.366 e.